The number of carboxylic acids is 4. The van der Waals surface area contributed by atoms with Gasteiger partial charge in [0.15, 0.2) is 0 Å². The van der Waals surface area contributed by atoms with Gasteiger partial charge in [-0.25, -0.2) is 0 Å². The van der Waals surface area contributed by atoms with Crippen molar-refractivity contribution < 1.29 is 167 Å². The van der Waals surface area contributed by atoms with Gasteiger partial charge in [-0.2, -0.15) is 0 Å². The number of amides is 2. The molecule has 2 amide bonds. The smallest absolute Gasteiger partial charge is 0.550 e. The topological polar surface area (TPSA) is 201 Å². The minimum absolute atomic E-state index is 0. The molecule has 0 aliphatic heterocycles. The van der Waals surface area contributed by atoms with E-state index in [1.165, 1.54) is 75.5 Å². The molecule has 0 saturated carbocycles. The number of carboxylic acid groups (broad SMARTS) is 4. The number of unbranched alkanes of at least 4 members (excludes halogenated alkanes) is 15. The van der Waals surface area contributed by atoms with Gasteiger partial charge in [0.25, 0.3) is 5.91 Å². The summed E-state index contributed by atoms with van der Waals surface area (Å²) in [6, 6.07) is -1.98. The van der Waals surface area contributed by atoms with Gasteiger partial charge in [-0.1, -0.05) is 110 Å². The van der Waals surface area contributed by atoms with Gasteiger partial charge in [0.1, 0.15) is 0 Å². The van der Waals surface area contributed by atoms with Gasteiger partial charge in [-0.3, -0.25) is 9.59 Å². The molecule has 0 aromatic rings. The van der Waals surface area contributed by atoms with Crippen molar-refractivity contribution in [3.63, 3.8) is 0 Å². The second-order valence-corrected chi connectivity index (χ2v) is 11.3. The van der Waals surface area contributed by atoms with E-state index in [1.807, 2.05) is 0 Å². The normalized spacial score (nSPS) is 10.7. The van der Waals surface area contributed by atoms with Crippen LogP contribution in [-0.2, 0) is 28.8 Å². The zero-order chi connectivity index (χ0) is 34.0. The molecule has 0 radical (unpaired) electrons. The predicted octanol–water partition coefficient (Wildman–Crippen LogP) is -11.8. The fourth-order valence-electron chi connectivity index (χ4n) is 5.01. The van der Waals surface area contributed by atoms with E-state index in [1.54, 1.807) is 0 Å². The monoisotopic (exact) mass is 726 g/mol. The van der Waals surface area contributed by atoms with Gasteiger partial charge >= 0.3 is 118 Å². The minimum Gasteiger partial charge on any atom is -0.550 e. The summed E-state index contributed by atoms with van der Waals surface area (Å²) in [7, 11) is 0. The minimum atomic E-state index is -1.98. The zero-order valence-electron chi connectivity index (χ0n) is 30.8. The summed E-state index contributed by atoms with van der Waals surface area (Å²) in [5.41, 5.74) is -0.763. The SMILES string of the molecule is C=C(C(=O)[O-])C(=O)N(CCCCCCCCCCCCCCCCCC)CCCN(C(=O)C=CC(=O)[O-])[C@@H](CC(=O)[O-])C(=O)[O-].[Na+].[Na+].[Na+].[Na+]. The van der Waals surface area contributed by atoms with Crippen LogP contribution in [0.4, 0.5) is 0 Å². The summed E-state index contributed by atoms with van der Waals surface area (Å²) < 4.78 is 0. The average Bonchev–Trinajstić information content (AvgIpc) is 2.98. The van der Waals surface area contributed by atoms with E-state index in [2.05, 4.69) is 13.5 Å². The number of hydrogen-bond acceptors (Lipinski definition) is 10. The third-order valence-electron chi connectivity index (χ3n) is 7.55. The standard InChI is InChI=1S/C33H54N2O10.4Na/c1-3-4-5-6-7-8-9-10-11-12-13-14-15-16-17-18-22-34(31(41)26(2)32(42)43)23-19-24-35(28(36)20-21-29(37)38)27(33(44)45)25-30(39)40;;;;/h20-21,27H,2-19,22-25H2,1H3,(H,37,38)(H,39,40)(H,42,43)(H,44,45);;;;/q;4*+1/p-4/t27-;;;;/m0..../s1. The van der Waals surface area contributed by atoms with Crippen LogP contribution in [0.3, 0.4) is 0 Å². The largest absolute Gasteiger partial charge is 1.00 e. The molecular formula is C33H50N2Na4O10. The van der Waals surface area contributed by atoms with Crippen LogP contribution < -0.4 is 139 Å². The van der Waals surface area contributed by atoms with Crippen LogP contribution >= 0.6 is 0 Å². The van der Waals surface area contributed by atoms with Crippen LogP contribution in [0.15, 0.2) is 24.3 Å². The summed E-state index contributed by atoms with van der Waals surface area (Å²) in [6.07, 6.45) is 18.3. The second-order valence-electron chi connectivity index (χ2n) is 11.3. The van der Waals surface area contributed by atoms with E-state index in [4.69, 9.17) is 0 Å². The van der Waals surface area contributed by atoms with E-state index >= 15 is 0 Å². The summed E-state index contributed by atoms with van der Waals surface area (Å²) in [6.45, 7) is 5.11. The molecule has 0 aromatic heterocycles. The van der Waals surface area contributed by atoms with Gasteiger partial charge < -0.3 is 49.4 Å². The van der Waals surface area contributed by atoms with Crippen molar-refractivity contribution >= 4 is 35.7 Å². The summed E-state index contributed by atoms with van der Waals surface area (Å²) in [5, 5.41) is 44.5. The van der Waals surface area contributed by atoms with Crippen molar-refractivity contribution in [2.45, 2.75) is 129 Å². The molecular weight excluding hydrogens is 676 g/mol. The van der Waals surface area contributed by atoms with Crippen molar-refractivity contribution in [1.82, 2.24) is 9.80 Å². The van der Waals surface area contributed by atoms with Crippen LogP contribution in [0.1, 0.15) is 122 Å². The van der Waals surface area contributed by atoms with Gasteiger partial charge in [0.05, 0.1) is 29.5 Å². The molecule has 16 heteroatoms. The molecule has 0 unspecified atom stereocenters. The third kappa shape index (κ3) is 31.5. The fourth-order valence-corrected chi connectivity index (χ4v) is 5.01. The maximum atomic E-state index is 12.7. The number of nitrogens with zero attached hydrogens (tertiary/aromatic N) is 2. The molecule has 0 aliphatic carbocycles. The molecule has 0 N–H and O–H groups in total. The molecule has 12 nitrogen and oxygen atoms in total. The van der Waals surface area contributed by atoms with Gasteiger partial charge in [0, 0.05) is 38.1 Å². The molecule has 1 atom stereocenters. The van der Waals surface area contributed by atoms with Crippen molar-refractivity contribution in [3.8, 4) is 0 Å². The van der Waals surface area contributed by atoms with Crippen LogP contribution in [0.2, 0.25) is 0 Å². The molecule has 0 spiro atoms. The first-order valence-electron chi connectivity index (χ1n) is 16.2. The Morgan fingerprint density at radius 3 is 1.37 bits per heavy atom. The van der Waals surface area contributed by atoms with Crippen LogP contribution in [0, 0.1) is 0 Å². The average molecular weight is 727 g/mol. The Hall–Kier alpha value is 0.300. The molecule has 0 aliphatic rings. The Kier molecular flexibility index (Phi) is 45.5. The van der Waals surface area contributed by atoms with Crippen molar-refractivity contribution in [1.29, 1.82) is 0 Å². The van der Waals surface area contributed by atoms with E-state index in [0.717, 1.165) is 25.7 Å². The first-order chi connectivity index (χ1) is 21.4. The summed E-state index contributed by atoms with van der Waals surface area (Å²) in [5.74, 6) is -9.18. The van der Waals surface area contributed by atoms with Crippen molar-refractivity contribution in [3.05, 3.63) is 24.3 Å². The number of carbonyl (C=O) groups is 6. The quantitative estimate of drug-likeness (QED) is 0.0234. The van der Waals surface area contributed by atoms with Crippen LogP contribution in [0.25, 0.3) is 0 Å². The maximum Gasteiger partial charge on any atom is 1.00 e. The Morgan fingerprint density at radius 1 is 0.592 bits per heavy atom. The van der Waals surface area contributed by atoms with E-state index in [-0.39, 0.29) is 138 Å². The Labute approximate surface area is 380 Å². The second kappa shape index (κ2) is 38.0. The van der Waals surface area contributed by atoms with Crippen molar-refractivity contribution in [2.24, 2.45) is 0 Å². The summed E-state index contributed by atoms with van der Waals surface area (Å²) in [4.78, 5) is 71.5. The number of aliphatic carboxylic acids is 4. The molecule has 0 aromatic carbocycles. The predicted molar refractivity (Wildman–Crippen MR) is 159 cm³/mol. The van der Waals surface area contributed by atoms with Gasteiger partial charge in [-0.15, -0.1) is 0 Å². The number of rotatable bonds is 29. The van der Waals surface area contributed by atoms with E-state index < -0.39 is 60.3 Å². The Bertz CT molecular complexity index is 999. The molecule has 0 rings (SSSR count). The number of carbonyl (C=O) groups excluding carboxylic acids is 6. The maximum absolute atomic E-state index is 12.7. The number of hydrogen-bond donors (Lipinski definition) is 0. The molecule has 256 valence electrons. The Balaban J connectivity index is -0.00000161. The molecule has 0 fully saturated rings. The zero-order valence-corrected chi connectivity index (χ0v) is 38.8. The third-order valence-corrected chi connectivity index (χ3v) is 7.55. The van der Waals surface area contributed by atoms with Crippen LogP contribution in [0.5, 0.6) is 0 Å². The van der Waals surface area contributed by atoms with Gasteiger partial charge in [-0.05, 0) is 18.9 Å². The van der Waals surface area contributed by atoms with E-state index in [9.17, 15) is 49.2 Å². The summed E-state index contributed by atoms with van der Waals surface area (Å²) >= 11 is 0. The molecule has 0 bridgehead atoms. The Morgan fingerprint density at radius 2 is 1.00 bits per heavy atom. The first kappa shape index (κ1) is 58.6. The van der Waals surface area contributed by atoms with Crippen molar-refractivity contribution in [2.75, 3.05) is 19.6 Å². The molecule has 0 saturated heterocycles. The van der Waals surface area contributed by atoms with E-state index in [0.29, 0.717) is 23.5 Å². The molecule has 49 heavy (non-hydrogen) atoms. The van der Waals surface area contributed by atoms with Gasteiger partial charge in [0.2, 0.25) is 5.91 Å². The molecule has 0 heterocycles. The van der Waals surface area contributed by atoms with Crippen LogP contribution in [-0.4, -0.2) is 71.2 Å². The fraction of sp³-hybridized carbons (Fsp3) is 0.697. The first-order valence-corrected chi connectivity index (χ1v) is 16.2.